The van der Waals surface area contributed by atoms with Crippen molar-refractivity contribution in [1.29, 1.82) is 0 Å². The van der Waals surface area contributed by atoms with E-state index < -0.39 is 0 Å². The molecule has 1 atom stereocenters. The molecule has 108 valence electrons. The van der Waals surface area contributed by atoms with E-state index in [1.807, 2.05) is 23.1 Å². The second kappa shape index (κ2) is 5.72. The van der Waals surface area contributed by atoms with Crippen LogP contribution < -0.4 is 4.90 Å². The third kappa shape index (κ3) is 2.58. The Hall–Kier alpha value is -2.09. The Kier molecular flexibility index (Phi) is 3.78. The van der Waals surface area contributed by atoms with Crippen LogP contribution in [0.4, 0.5) is 5.69 Å². The molecule has 21 heavy (non-hydrogen) atoms. The van der Waals surface area contributed by atoms with Crippen LogP contribution in [-0.4, -0.2) is 12.5 Å². The Morgan fingerprint density at radius 2 is 2.00 bits per heavy atom. The van der Waals surface area contributed by atoms with Crippen molar-refractivity contribution in [2.24, 2.45) is 0 Å². The topological polar surface area (TPSA) is 20.3 Å². The van der Waals surface area contributed by atoms with Crippen molar-refractivity contribution in [3.63, 3.8) is 0 Å². The number of benzene rings is 2. The number of carbonyl (C=O) groups is 1. The van der Waals surface area contributed by atoms with Gasteiger partial charge >= 0.3 is 0 Å². The number of para-hydroxylation sites is 1. The van der Waals surface area contributed by atoms with Crippen molar-refractivity contribution in [2.45, 2.75) is 32.6 Å². The molecule has 2 heteroatoms. The van der Waals surface area contributed by atoms with E-state index in [1.165, 1.54) is 11.1 Å². The highest BCUT2D eigenvalue weighted by Crippen LogP contribution is 2.32. The first-order valence-corrected chi connectivity index (χ1v) is 7.66. The summed E-state index contributed by atoms with van der Waals surface area (Å²) in [5, 5.41) is 0. The first-order valence-electron chi connectivity index (χ1n) is 7.66. The second-order valence-corrected chi connectivity index (χ2v) is 5.74. The van der Waals surface area contributed by atoms with E-state index in [2.05, 4.69) is 44.2 Å². The molecule has 1 amide bonds. The van der Waals surface area contributed by atoms with Gasteiger partial charge in [0.1, 0.15) is 0 Å². The van der Waals surface area contributed by atoms with Gasteiger partial charge < -0.3 is 4.90 Å². The highest BCUT2D eigenvalue weighted by atomic mass is 16.2. The van der Waals surface area contributed by atoms with E-state index in [0.717, 1.165) is 30.6 Å². The number of amides is 1. The Balaban J connectivity index is 1.91. The summed E-state index contributed by atoms with van der Waals surface area (Å²) in [6, 6.07) is 16.6. The second-order valence-electron chi connectivity index (χ2n) is 5.74. The van der Waals surface area contributed by atoms with Crippen LogP contribution in [-0.2, 0) is 11.2 Å². The summed E-state index contributed by atoms with van der Waals surface area (Å²) in [4.78, 5) is 14.9. The highest BCUT2D eigenvalue weighted by Gasteiger charge is 2.29. The van der Waals surface area contributed by atoms with Gasteiger partial charge in [-0.25, -0.2) is 0 Å². The van der Waals surface area contributed by atoms with E-state index in [9.17, 15) is 4.79 Å². The summed E-state index contributed by atoms with van der Waals surface area (Å²) in [5.41, 5.74) is 4.71. The minimum atomic E-state index is -0.0453. The lowest BCUT2D eigenvalue weighted by atomic mass is 9.93. The van der Waals surface area contributed by atoms with Crippen molar-refractivity contribution in [3.05, 3.63) is 65.2 Å². The highest BCUT2D eigenvalue weighted by molar-refractivity contribution is 5.99. The van der Waals surface area contributed by atoms with Crippen LogP contribution in [0.5, 0.6) is 0 Å². The van der Waals surface area contributed by atoms with Gasteiger partial charge in [-0.3, -0.25) is 4.79 Å². The molecule has 0 radical (unpaired) electrons. The maximum absolute atomic E-state index is 13.0. The molecule has 0 spiro atoms. The number of hydrogen-bond donors (Lipinski definition) is 0. The standard InChI is InChI=1S/C19H21NO/c1-3-17(16-9-6-7-14(2)13-16)19(21)20-12-11-15-8-4-5-10-18(15)20/h4-10,13,17H,3,11-12H2,1-2H3/t17-/m0/s1. The molecule has 0 aliphatic carbocycles. The number of hydrogen-bond acceptors (Lipinski definition) is 1. The van der Waals surface area contributed by atoms with Crippen LogP contribution in [0.1, 0.15) is 36.0 Å². The minimum absolute atomic E-state index is 0.0453. The van der Waals surface area contributed by atoms with Gasteiger partial charge in [-0.1, -0.05) is 55.0 Å². The first-order chi connectivity index (χ1) is 10.2. The molecule has 1 aliphatic rings. The third-order valence-corrected chi connectivity index (χ3v) is 4.30. The molecule has 0 aromatic heterocycles. The van der Waals surface area contributed by atoms with Crippen LogP contribution in [0.3, 0.4) is 0 Å². The monoisotopic (exact) mass is 279 g/mol. The van der Waals surface area contributed by atoms with Crippen molar-refractivity contribution < 1.29 is 4.79 Å². The molecule has 2 aromatic rings. The predicted octanol–water partition coefficient (Wildman–Crippen LogP) is 4.08. The van der Waals surface area contributed by atoms with Crippen LogP contribution in [0.25, 0.3) is 0 Å². The summed E-state index contributed by atoms with van der Waals surface area (Å²) in [6.45, 7) is 4.97. The normalized spacial score (nSPS) is 14.9. The molecule has 1 heterocycles. The van der Waals surface area contributed by atoms with Crippen molar-refractivity contribution in [3.8, 4) is 0 Å². The van der Waals surface area contributed by atoms with Gasteiger partial charge in [-0.05, 0) is 37.0 Å². The van der Waals surface area contributed by atoms with E-state index in [0.29, 0.717) is 0 Å². The zero-order valence-corrected chi connectivity index (χ0v) is 12.7. The zero-order chi connectivity index (χ0) is 14.8. The first kappa shape index (κ1) is 13.9. The number of fused-ring (bicyclic) bond motifs is 1. The molecular formula is C19H21NO. The van der Waals surface area contributed by atoms with Crippen molar-refractivity contribution >= 4 is 11.6 Å². The lowest BCUT2D eigenvalue weighted by Gasteiger charge is -2.24. The number of anilines is 1. The Morgan fingerprint density at radius 3 is 2.76 bits per heavy atom. The average molecular weight is 279 g/mol. The van der Waals surface area contributed by atoms with E-state index in [4.69, 9.17) is 0 Å². The van der Waals surface area contributed by atoms with Gasteiger partial charge in [0.2, 0.25) is 5.91 Å². The lowest BCUT2D eigenvalue weighted by Crippen LogP contribution is -2.33. The van der Waals surface area contributed by atoms with Crippen LogP contribution in [0, 0.1) is 6.92 Å². The van der Waals surface area contributed by atoms with Gasteiger partial charge in [-0.15, -0.1) is 0 Å². The number of carbonyl (C=O) groups excluding carboxylic acids is 1. The molecule has 0 N–H and O–H groups in total. The third-order valence-electron chi connectivity index (χ3n) is 4.30. The van der Waals surface area contributed by atoms with E-state index >= 15 is 0 Å². The molecule has 0 bridgehead atoms. The maximum Gasteiger partial charge on any atom is 0.234 e. The Labute approximate surface area is 126 Å². The lowest BCUT2D eigenvalue weighted by molar-refractivity contribution is -0.120. The molecule has 2 aromatic carbocycles. The molecule has 0 saturated carbocycles. The van der Waals surface area contributed by atoms with Crippen LogP contribution >= 0.6 is 0 Å². The molecule has 2 nitrogen and oxygen atoms in total. The molecule has 1 aliphatic heterocycles. The van der Waals surface area contributed by atoms with Gasteiger partial charge in [0.05, 0.1) is 5.92 Å². The van der Waals surface area contributed by atoms with E-state index in [-0.39, 0.29) is 11.8 Å². The smallest absolute Gasteiger partial charge is 0.234 e. The summed E-state index contributed by atoms with van der Waals surface area (Å²) < 4.78 is 0. The minimum Gasteiger partial charge on any atom is -0.311 e. The fourth-order valence-corrected chi connectivity index (χ4v) is 3.20. The fraction of sp³-hybridized carbons (Fsp3) is 0.316. The SMILES string of the molecule is CC[C@H](C(=O)N1CCc2ccccc21)c1cccc(C)c1. The van der Waals surface area contributed by atoms with E-state index in [1.54, 1.807) is 0 Å². The quantitative estimate of drug-likeness (QED) is 0.829. The molecule has 0 unspecified atom stereocenters. The van der Waals surface area contributed by atoms with Gasteiger partial charge in [-0.2, -0.15) is 0 Å². The summed E-state index contributed by atoms with van der Waals surface area (Å²) in [7, 11) is 0. The summed E-state index contributed by atoms with van der Waals surface area (Å²) in [6.07, 6.45) is 1.80. The van der Waals surface area contributed by atoms with Crippen LogP contribution in [0.2, 0.25) is 0 Å². The molecule has 0 fully saturated rings. The molecule has 0 saturated heterocycles. The Bertz CT molecular complexity index is 662. The maximum atomic E-state index is 13.0. The summed E-state index contributed by atoms with van der Waals surface area (Å²) in [5.74, 6) is 0.184. The summed E-state index contributed by atoms with van der Waals surface area (Å²) >= 11 is 0. The number of aryl methyl sites for hydroxylation is 1. The number of nitrogens with zero attached hydrogens (tertiary/aromatic N) is 1. The van der Waals surface area contributed by atoms with Crippen molar-refractivity contribution in [1.82, 2.24) is 0 Å². The average Bonchev–Trinajstić information content (AvgIpc) is 2.92. The predicted molar refractivity (Wildman–Crippen MR) is 86.7 cm³/mol. The Morgan fingerprint density at radius 1 is 1.19 bits per heavy atom. The van der Waals surface area contributed by atoms with Gasteiger partial charge in [0, 0.05) is 12.2 Å². The van der Waals surface area contributed by atoms with Crippen LogP contribution in [0.15, 0.2) is 48.5 Å². The van der Waals surface area contributed by atoms with Gasteiger partial charge in [0.15, 0.2) is 0 Å². The number of rotatable bonds is 3. The largest absolute Gasteiger partial charge is 0.311 e. The fourth-order valence-electron chi connectivity index (χ4n) is 3.20. The molecular weight excluding hydrogens is 258 g/mol. The molecule has 3 rings (SSSR count). The van der Waals surface area contributed by atoms with Crippen molar-refractivity contribution in [2.75, 3.05) is 11.4 Å². The van der Waals surface area contributed by atoms with Gasteiger partial charge in [0.25, 0.3) is 0 Å². The zero-order valence-electron chi connectivity index (χ0n) is 12.7.